The molecule has 1 aromatic rings. The Morgan fingerprint density at radius 2 is 2.33 bits per heavy atom. The van der Waals surface area contributed by atoms with Crippen LogP contribution in [-0.2, 0) is 6.42 Å². The summed E-state index contributed by atoms with van der Waals surface area (Å²) in [5.41, 5.74) is -0.656. The number of nitriles is 1. The molecule has 0 radical (unpaired) electrons. The molecule has 0 atom stereocenters. The summed E-state index contributed by atoms with van der Waals surface area (Å²) in [6.45, 7) is 0. The van der Waals surface area contributed by atoms with Crippen molar-refractivity contribution < 1.29 is 14.1 Å². The molecule has 0 saturated carbocycles. The van der Waals surface area contributed by atoms with Gasteiger partial charge in [0.1, 0.15) is 0 Å². The van der Waals surface area contributed by atoms with Crippen molar-refractivity contribution in [2.45, 2.75) is 6.42 Å². The number of nitrogens with zero attached hydrogens (tertiary/aromatic N) is 2. The van der Waals surface area contributed by atoms with Gasteiger partial charge < -0.3 is 4.74 Å². The van der Waals surface area contributed by atoms with Crippen LogP contribution in [0.2, 0.25) is 0 Å². The molecular formula is C9H7FN2O3. The molecule has 78 valence electrons. The van der Waals surface area contributed by atoms with Crippen molar-refractivity contribution in [1.82, 2.24) is 0 Å². The second-order valence-corrected chi connectivity index (χ2v) is 2.67. The van der Waals surface area contributed by atoms with E-state index in [9.17, 15) is 14.5 Å². The number of benzene rings is 1. The van der Waals surface area contributed by atoms with E-state index in [4.69, 9.17) is 5.26 Å². The monoisotopic (exact) mass is 210 g/mol. The van der Waals surface area contributed by atoms with E-state index < -0.39 is 16.4 Å². The summed E-state index contributed by atoms with van der Waals surface area (Å²) in [7, 11) is 1.25. The fraction of sp³-hybridized carbons (Fsp3) is 0.222. The number of rotatable bonds is 3. The van der Waals surface area contributed by atoms with Gasteiger partial charge in [0.25, 0.3) is 5.69 Å². The van der Waals surface area contributed by atoms with E-state index in [1.807, 2.05) is 0 Å². The Hall–Kier alpha value is -2.16. The molecule has 5 nitrogen and oxygen atoms in total. The molecule has 0 heterocycles. The Morgan fingerprint density at radius 3 is 2.80 bits per heavy atom. The van der Waals surface area contributed by atoms with Crippen molar-refractivity contribution in [1.29, 1.82) is 5.26 Å². The normalized spacial score (nSPS) is 9.40. The standard InChI is InChI=1S/C9H7FN2O3/c1-15-8-3-2-7(12(13)14)6(4-5-11)9(8)10/h2-3H,4H2,1H3. The summed E-state index contributed by atoms with van der Waals surface area (Å²) in [4.78, 5) is 9.81. The van der Waals surface area contributed by atoms with Crippen LogP contribution in [0.4, 0.5) is 10.1 Å². The van der Waals surface area contributed by atoms with Crippen molar-refractivity contribution in [3.63, 3.8) is 0 Å². The van der Waals surface area contributed by atoms with Crippen LogP contribution in [0.3, 0.4) is 0 Å². The lowest BCUT2D eigenvalue weighted by atomic mass is 10.1. The number of nitro groups is 1. The summed E-state index contributed by atoms with van der Waals surface area (Å²) in [5.74, 6) is -0.959. The van der Waals surface area contributed by atoms with Gasteiger partial charge in [-0.1, -0.05) is 0 Å². The van der Waals surface area contributed by atoms with Gasteiger partial charge in [0, 0.05) is 6.07 Å². The molecule has 0 fully saturated rings. The third kappa shape index (κ3) is 2.02. The van der Waals surface area contributed by atoms with Gasteiger partial charge in [-0.3, -0.25) is 10.1 Å². The highest BCUT2D eigenvalue weighted by molar-refractivity contribution is 5.47. The van der Waals surface area contributed by atoms with E-state index in [1.54, 1.807) is 6.07 Å². The van der Waals surface area contributed by atoms with Crippen LogP contribution in [-0.4, -0.2) is 12.0 Å². The third-order valence-corrected chi connectivity index (χ3v) is 1.86. The zero-order valence-electron chi connectivity index (χ0n) is 7.86. The number of hydrogen-bond donors (Lipinski definition) is 0. The van der Waals surface area contributed by atoms with Crippen LogP contribution < -0.4 is 4.74 Å². The second kappa shape index (κ2) is 4.37. The minimum Gasteiger partial charge on any atom is -0.494 e. The zero-order chi connectivity index (χ0) is 11.4. The van der Waals surface area contributed by atoms with Crippen molar-refractivity contribution in [2.24, 2.45) is 0 Å². The molecule has 0 aromatic heterocycles. The van der Waals surface area contributed by atoms with Gasteiger partial charge in [-0.2, -0.15) is 5.26 Å². The van der Waals surface area contributed by atoms with E-state index in [0.29, 0.717) is 0 Å². The van der Waals surface area contributed by atoms with Crippen molar-refractivity contribution in [2.75, 3.05) is 7.11 Å². The molecule has 0 aliphatic carbocycles. The third-order valence-electron chi connectivity index (χ3n) is 1.86. The summed E-state index contributed by atoms with van der Waals surface area (Å²) in [6.07, 6.45) is -0.362. The van der Waals surface area contributed by atoms with Crippen LogP contribution in [0.25, 0.3) is 0 Å². The van der Waals surface area contributed by atoms with Gasteiger partial charge in [-0.25, -0.2) is 4.39 Å². The maximum Gasteiger partial charge on any atom is 0.276 e. The first-order valence-corrected chi connectivity index (χ1v) is 3.98. The predicted octanol–water partition coefficient (Wildman–Crippen LogP) is 1.81. The smallest absolute Gasteiger partial charge is 0.276 e. The quantitative estimate of drug-likeness (QED) is 0.563. The molecule has 6 heteroatoms. The average molecular weight is 210 g/mol. The van der Waals surface area contributed by atoms with Crippen LogP contribution in [0.1, 0.15) is 5.56 Å². The lowest BCUT2D eigenvalue weighted by Crippen LogP contribution is -2.00. The highest BCUT2D eigenvalue weighted by Crippen LogP contribution is 2.28. The maximum absolute atomic E-state index is 13.5. The number of halogens is 1. The van der Waals surface area contributed by atoms with Gasteiger partial charge in [0.15, 0.2) is 11.6 Å². The number of nitro benzene ring substituents is 1. The van der Waals surface area contributed by atoms with Crippen LogP contribution in [0.5, 0.6) is 5.75 Å². The van der Waals surface area contributed by atoms with E-state index >= 15 is 0 Å². The molecule has 0 N–H and O–H groups in total. The Bertz CT molecular complexity index is 440. The largest absolute Gasteiger partial charge is 0.494 e. The van der Waals surface area contributed by atoms with Crippen molar-refractivity contribution >= 4 is 5.69 Å². The predicted molar refractivity (Wildman–Crippen MR) is 48.9 cm³/mol. The molecule has 1 rings (SSSR count). The Morgan fingerprint density at radius 1 is 1.67 bits per heavy atom. The second-order valence-electron chi connectivity index (χ2n) is 2.67. The minimum absolute atomic E-state index is 0.106. The van der Waals surface area contributed by atoms with Crippen molar-refractivity contribution in [3.8, 4) is 11.8 Å². The topological polar surface area (TPSA) is 76.2 Å². The lowest BCUT2D eigenvalue weighted by Gasteiger charge is -2.05. The summed E-state index contributed by atoms with van der Waals surface area (Å²) in [5, 5.41) is 19.0. The first-order valence-electron chi connectivity index (χ1n) is 3.98. The molecule has 0 bridgehead atoms. The molecule has 0 aliphatic heterocycles. The molecule has 1 aromatic carbocycles. The van der Waals surface area contributed by atoms with Crippen LogP contribution in [0, 0.1) is 27.3 Å². The first-order chi connectivity index (χ1) is 7.11. The summed E-state index contributed by atoms with van der Waals surface area (Å²) in [6, 6.07) is 3.95. The average Bonchev–Trinajstić information content (AvgIpc) is 2.20. The zero-order valence-corrected chi connectivity index (χ0v) is 7.86. The highest BCUT2D eigenvalue weighted by atomic mass is 19.1. The lowest BCUT2D eigenvalue weighted by molar-refractivity contribution is -0.385. The molecule has 0 aliphatic rings. The maximum atomic E-state index is 13.5. The van der Waals surface area contributed by atoms with E-state index in [0.717, 1.165) is 12.1 Å². The fourth-order valence-corrected chi connectivity index (χ4v) is 1.17. The van der Waals surface area contributed by atoms with E-state index in [-0.39, 0.29) is 17.7 Å². The SMILES string of the molecule is COc1ccc([N+](=O)[O-])c(CC#N)c1F. The van der Waals surface area contributed by atoms with Crippen LogP contribution in [0.15, 0.2) is 12.1 Å². The fourth-order valence-electron chi connectivity index (χ4n) is 1.17. The van der Waals surface area contributed by atoms with Crippen LogP contribution >= 0.6 is 0 Å². The van der Waals surface area contributed by atoms with E-state index in [1.165, 1.54) is 7.11 Å². The number of ether oxygens (including phenoxy) is 1. The number of methoxy groups -OCH3 is 1. The van der Waals surface area contributed by atoms with Crippen molar-refractivity contribution in [3.05, 3.63) is 33.6 Å². The minimum atomic E-state index is -0.853. The summed E-state index contributed by atoms with van der Waals surface area (Å²) >= 11 is 0. The summed E-state index contributed by atoms with van der Waals surface area (Å²) < 4.78 is 18.2. The Kier molecular flexibility index (Phi) is 3.18. The van der Waals surface area contributed by atoms with Gasteiger partial charge in [-0.15, -0.1) is 0 Å². The van der Waals surface area contributed by atoms with E-state index in [2.05, 4.69) is 4.74 Å². The molecule has 0 saturated heterocycles. The molecule has 0 spiro atoms. The number of hydrogen-bond acceptors (Lipinski definition) is 4. The van der Waals surface area contributed by atoms with Gasteiger partial charge in [0.05, 0.1) is 30.1 Å². The molecule has 15 heavy (non-hydrogen) atoms. The Labute approximate surface area is 84.9 Å². The van der Waals surface area contributed by atoms with Gasteiger partial charge >= 0.3 is 0 Å². The highest BCUT2D eigenvalue weighted by Gasteiger charge is 2.21. The molecular weight excluding hydrogens is 203 g/mol. The molecule has 0 amide bonds. The Balaban J connectivity index is 3.38. The molecule has 0 unspecified atom stereocenters. The first kappa shape index (κ1) is 10.9. The van der Waals surface area contributed by atoms with Gasteiger partial charge in [-0.05, 0) is 6.07 Å². The van der Waals surface area contributed by atoms with Gasteiger partial charge in [0.2, 0.25) is 0 Å².